The number of hydrogen-bond donors (Lipinski definition) is 0. The maximum Gasteiger partial charge on any atom is 0.340 e. The van der Waals surface area contributed by atoms with Gasteiger partial charge >= 0.3 is 11.9 Å². The molecule has 0 radical (unpaired) electrons. The lowest BCUT2D eigenvalue weighted by Crippen LogP contribution is -2.16. The molecular weight excluding hydrogens is 383 g/mol. The number of halogens is 1. The second-order valence-electron chi connectivity index (χ2n) is 5.05. The van der Waals surface area contributed by atoms with Gasteiger partial charge in [-0.3, -0.25) is 0 Å². The van der Waals surface area contributed by atoms with Gasteiger partial charge in [0.25, 0.3) is 0 Å². The minimum Gasteiger partial charge on any atom is -0.462 e. The second kappa shape index (κ2) is 9.02. The third-order valence-corrected chi connectivity index (χ3v) is 3.77. The minimum atomic E-state index is -0.489. The van der Waals surface area contributed by atoms with Crippen LogP contribution in [0, 0.1) is 9.49 Å². The second-order valence-corrected chi connectivity index (χ2v) is 6.22. The molecule has 0 N–H and O–H groups in total. The largest absolute Gasteiger partial charge is 0.462 e. The molecule has 0 aromatic heterocycles. The fraction of sp³-hybridized carbons (Fsp3) is 0.500. The zero-order valence-electron chi connectivity index (χ0n) is 12.6. The summed E-state index contributed by atoms with van der Waals surface area (Å²) in [6.45, 7) is 6.62. The maximum atomic E-state index is 12.1. The van der Waals surface area contributed by atoms with Gasteiger partial charge in [-0.15, -0.1) is 0 Å². The van der Waals surface area contributed by atoms with Crippen LogP contribution in [0.2, 0.25) is 0 Å². The van der Waals surface area contributed by atoms with Crippen LogP contribution in [0.4, 0.5) is 0 Å². The third-order valence-electron chi connectivity index (χ3n) is 2.87. The van der Waals surface area contributed by atoms with Crippen LogP contribution < -0.4 is 0 Å². The van der Waals surface area contributed by atoms with Crippen LogP contribution >= 0.6 is 22.6 Å². The van der Waals surface area contributed by atoms with E-state index < -0.39 is 11.9 Å². The molecule has 0 heterocycles. The predicted molar refractivity (Wildman–Crippen MR) is 89.5 cm³/mol. The van der Waals surface area contributed by atoms with Crippen LogP contribution in [0.15, 0.2) is 18.2 Å². The molecule has 1 aromatic rings. The average Bonchev–Trinajstić information content (AvgIpc) is 2.43. The lowest BCUT2D eigenvalue weighted by atomic mass is 10.1. The first-order valence-corrected chi connectivity index (χ1v) is 8.18. The Bertz CT molecular complexity index is 497. The van der Waals surface area contributed by atoms with Gasteiger partial charge in [-0.25, -0.2) is 9.59 Å². The molecule has 0 saturated carbocycles. The summed E-state index contributed by atoms with van der Waals surface area (Å²) in [4.78, 5) is 24.1. The first kappa shape index (κ1) is 17.9. The van der Waals surface area contributed by atoms with Gasteiger partial charge < -0.3 is 9.47 Å². The van der Waals surface area contributed by atoms with Crippen molar-refractivity contribution in [3.8, 4) is 0 Å². The molecule has 5 heteroatoms. The van der Waals surface area contributed by atoms with Gasteiger partial charge in [0.2, 0.25) is 0 Å². The standard InChI is InChI=1S/C16H21IO4/c1-4-20-16(19)14-12(8-5-9-13(14)17)15(18)21-10-6-7-11(2)3/h5,8-9,11H,4,6-7,10H2,1-3H3. The first-order chi connectivity index (χ1) is 9.97. The van der Waals surface area contributed by atoms with Gasteiger partial charge in [0.1, 0.15) is 0 Å². The van der Waals surface area contributed by atoms with Gasteiger partial charge in [0.05, 0.1) is 24.3 Å². The lowest BCUT2D eigenvalue weighted by molar-refractivity contribution is 0.0460. The Morgan fingerprint density at radius 1 is 1.19 bits per heavy atom. The van der Waals surface area contributed by atoms with Crippen LogP contribution in [0.25, 0.3) is 0 Å². The van der Waals surface area contributed by atoms with Crippen LogP contribution in [0.1, 0.15) is 54.3 Å². The lowest BCUT2D eigenvalue weighted by Gasteiger charge is -2.11. The number of carbonyl (C=O) groups excluding carboxylic acids is 2. The smallest absolute Gasteiger partial charge is 0.340 e. The third kappa shape index (κ3) is 5.65. The van der Waals surface area contributed by atoms with Crippen LogP contribution in [-0.2, 0) is 9.47 Å². The summed E-state index contributed by atoms with van der Waals surface area (Å²) in [7, 11) is 0. The fourth-order valence-electron chi connectivity index (χ4n) is 1.84. The maximum absolute atomic E-state index is 12.1. The molecule has 0 aliphatic rings. The van der Waals surface area contributed by atoms with Crippen molar-refractivity contribution in [3.05, 3.63) is 32.9 Å². The van der Waals surface area contributed by atoms with E-state index >= 15 is 0 Å². The molecular formula is C16H21IO4. The van der Waals surface area contributed by atoms with Gasteiger partial charge in [0, 0.05) is 3.57 Å². The number of ether oxygens (including phenoxy) is 2. The zero-order valence-corrected chi connectivity index (χ0v) is 14.8. The van der Waals surface area contributed by atoms with E-state index in [4.69, 9.17) is 9.47 Å². The molecule has 116 valence electrons. The van der Waals surface area contributed by atoms with Crippen molar-refractivity contribution in [2.75, 3.05) is 13.2 Å². The molecule has 0 atom stereocenters. The Kier molecular flexibility index (Phi) is 7.71. The summed E-state index contributed by atoms with van der Waals surface area (Å²) in [5.74, 6) is -0.381. The molecule has 0 aliphatic carbocycles. The Morgan fingerprint density at radius 2 is 1.90 bits per heavy atom. The Morgan fingerprint density at radius 3 is 2.52 bits per heavy atom. The van der Waals surface area contributed by atoms with Crippen molar-refractivity contribution in [1.29, 1.82) is 0 Å². The monoisotopic (exact) mass is 404 g/mol. The Hall–Kier alpha value is -1.11. The molecule has 0 fully saturated rings. The van der Waals surface area contributed by atoms with Gasteiger partial charge in [-0.1, -0.05) is 19.9 Å². The Balaban J connectivity index is 2.79. The quantitative estimate of drug-likeness (QED) is 0.391. The highest BCUT2D eigenvalue weighted by Gasteiger charge is 2.21. The number of benzene rings is 1. The molecule has 0 spiro atoms. The fourth-order valence-corrected chi connectivity index (χ4v) is 2.56. The minimum absolute atomic E-state index is 0.268. The molecule has 0 amide bonds. The molecule has 0 aliphatic heterocycles. The topological polar surface area (TPSA) is 52.6 Å². The van der Waals surface area contributed by atoms with E-state index in [1.54, 1.807) is 25.1 Å². The van der Waals surface area contributed by atoms with Crippen molar-refractivity contribution in [3.63, 3.8) is 0 Å². The summed E-state index contributed by atoms with van der Waals surface area (Å²) in [5, 5.41) is 0. The zero-order chi connectivity index (χ0) is 15.8. The van der Waals surface area contributed by atoms with Gasteiger partial charge in [-0.05, 0) is 60.4 Å². The molecule has 0 unspecified atom stereocenters. The highest BCUT2D eigenvalue weighted by Crippen LogP contribution is 2.19. The molecule has 4 nitrogen and oxygen atoms in total. The van der Waals surface area contributed by atoms with E-state index in [9.17, 15) is 9.59 Å². The number of esters is 2. The van der Waals surface area contributed by atoms with Crippen LogP contribution in [0.5, 0.6) is 0 Å². The summed E-state index contributed by atoms with van der Waals surface area (Å²) in [6.07, 6.45) is 1.83. The average molecular weight is 404 g/mol. The van der Waals surface area contributed by atoms with Gasteiger partial charge in [0.15, 0.2) is 0 Å². The molecule has 21 heavy (non-hydrogen) atoms. The van der Waals surface area contributed by atoms with E-state index in [-0.39, 0.29) is 17.7 Å². The van der Waals surface area contributed by atoms with Crippen molar-refractivity contribution in [2.24, 2.45) is 5.92 Å². The normalized spacial score (nSPS) is 10.5. The molecule has 0 saturated heterocycles. The predicted octanol–water partition coefficient (Wildman–Crippen LogP) is 4.06. The summed E-state index contributed by atoms with van der Waals surface area (Å²) in [5.41, 5.74) is 0.554. The van der Waals surface area contributed by atoms with E-state index in [1.807, 2.05) is 22.6 Å². The van der Waals surface area contributed by atoms with Crippen LogP contribution in [-0.4, -0.2) is 25.2 Å². The first-order valence-electron chi connectivity index (χ1n) is 7.10. The highest BCUT2D eigenvalue weighted by molar-refractivity contribution is 14.1. The molecule has 1 aromatic carbocycles. The number of rotatable bonds is 7. The van der Waals surface area contributed by atoms with Crippen molar-refractivity contribution in [1.82, 2.24) is 0 Å². The molecule has 1 rings (SSSR count). The number of hydrogen-bond acceptors (Lipinski definition) is 4. The Labute approximate surface area is 139 Å². The van der Waals surface area contributed by atoms with E-state index in [2.05, 4.69) is 13.8 Å². The van der Waals surface area contributed by atoms with E-state index in [0.717, 1.165) is 12.8 Å². The summed E-state index contributed by atoms with van der Waals surface area (Å²) >= 11 is 2.02. The van der Waals surface area contributed by atoms with Crippen LogP contribution in [0.3, 0.4) is 0 Å². The van der Waals surface area contributed by atoms with Crippen molar-refractivity contribution < 1.29 is 19.1 Å². The SMILES string of the molecule is CCOC(=O)c1c(I)cccc1C(=O)OCCCC(C)C. The van der Waals surface area contributed by atoms with Crippen molar-refractivity contribution >= 4 is 34.5 Å². The number of carbonyl (C=O) groups is 2. The van der Waals surface area contributed by atoms with E-state index in [1.165, 1.54) is 0 Å². The molecule has 0 bridgehead atoms. The summed E-state index contributed by atoms with van der Waals surface area (Å²) in [6, 6.07) is 5.09. The van der Waals surface area contributed by atoms with Gasteiger partial charge in [-0.2, -0.15) is 0 Å². The summed E-state index contributed by atoms with van der Waals surface area (Å²) < 4.78 is 10.9. The van der Waals surface area contributed by atoms with E-state index in [0.29, 0.717) is 16.1 Å². The van der Waals surface area contributed by atoms with Crippen molar-refractivity contribution in [2.45, 2.75) is 33.6 Å². The highest BCUT2D eigenvalue weighted by atomic mass is 127.